The Hall–Kier alpha value is 2.03. The summed E-state index contributed by atoms with van der Waals surface area (Å²) in [6, 6.07) is 0. The third kappa shape index (κ3) is 70.7. The summed E-state index contributed by atoms with van der Waals surface area (Å²) in [7, 11) is 0. The van der Waals surface area contributed by atoms with Crippen LogP contribution in [0.4, 0.5) is 0 Å². The molecule has 0 saturated heterocycles. The van der Waals surface area contributed by atoms with Gasteiger partial charge in [0.05, 0.1) is 0 Å². The van der Waals surface area contributed by atoms with Crippen molar-refractivity contribution in [2.75, 3.05) is 0 Å². The van der Waals surface area contributed by atoms with E-state index in [0.29, 0.717) is 0 Å². The van der Waals surface area contributed by atoms with Crippen molar-refractivity contribution in [2.24, 2.45) is 0 Å². The van der Waals surface area contributed by atoms with E-state index in [0.717, 1.165) is 0 Å². The Balaban J connectivity index is 0. The first-order valence-corrected chi connectivity index (χ1v) is 0. The summed E-state index contributed by atoms with van der Waals surface area (Å²) in [4.78, 5) is 0. The predicted octanol–water partition coefficient (Wildman–Crippen LogP) is -3.85. The first-order valence-electron chi connectivity index (χ1n) is 0. The van der Waals surface area contributed by atoms with E-state index in [2.05, 4.69) is 0 Å². The van der Waals surface area contributed by atoms with Crippen LogP contribution in [0.2, 0.25) is 0 Å². The molecule has 0 amide bonds. The minimum absolute atomic E-state index is 0. The zero-order valence-electron chi connectivity index (χ0n) is 3.58. The number of rotatable bonds is 0. The fraction of sp³-hybridized carbons (Fsp3) is 0. The van der Waals surface area contributed by atoms with E-state index in [-0.39, 0.29) is 88.7 Å². The summed E-state index contributed by atoms with van der Waals surface area (Å²) < 4.78 is 0. The zero-order chi connectivity index (χ0) is 0. The van der Waals surface area contributed by atoms with Crippen LogP contribution in [0.15, 0.2) is 0 Å². The van der Waals surface area contributed by atoms with Crippen LogP contribution >= 0.6 is 0 Å². The molecule has 0 aliphatic rings. The average Bonchev–Trinajstić information content (AvgIpc) is 0. The van der Waals surface area contributed by atoms with Crippen LogP contribution in [0.3, 0.4) is 0 Å². The van der Waals surface area contributed by atoms with Crippen LogP contribution in [-0.2, 0) is 43.6 Å². The third-order valence-corrected chi connectivity index (χ3v) is 0. The van der Waals surface area contributed by atoms with E-state index >= 15 is 0 Å². The van der Waals surface area contributed by atoms with Gasteiger partial charge in [0.2, 0.25) is 0 Å². The first kappa shape index (κ1) is 141. The van der Waals surface area contributed by atoms with Gasteiger partial charge >= 0.3 is 66.8 Å². The molecule has 0 unspecified atom stereocenters. The second-order valence-electron chi connectivity index (χ2n) is 0. The molecule has 0 aliphatic carbocycles. The molecule has 0 saturated carbocycles. The molecule has 0 N–H and O–H groups in total. The number of hydrogen-bond acceptors (Lipinski definition) is 0. The Morgan fingerprint density at radius 1 is 0.571 bits per heavy atom. The molecule has 0 bridgehead atoms. The van der Waals surface area contributed by atoms with Gasteiger partial charge in [-0.2, -0.15) is 0 Å². The Kier molecular flexibility index (Phi) is 1930. The minimum Gasteiger partial charge on any atom is -2.00 e. The fourth-order valence-corrected chi connectivity index (χ4v) is 0. The molecule has 0 aliphatic heterocycles. The summed E-state index contributed by atoms with van der Waals surface area (Å²) in [5.41, 5.74) is 0. The molecular formula is BiLiO4Ti. The van der Waals surface area contributed by atoms with Gasteiger partial charge in [-0.25, -0.2) is 0 Å². The third-order valence-electron chi connectivity index (χ3n) is 0. The topological polar surface area (TPSA) is 114 Å². The molecule has 0 fully saturated rings. The molecule has 2 radical (unpaired) electrons. The molecule has 0 atom stereocenters. The van der Waals surface area contributed by atoms with Gasteiger partial charge in [-0.1, -0.05) is 0 Å². The van der Waals surface area contributed by atoms with Crippen molar-refractivity contribution in [1.82, 2.24) is 0 Å². The van der Waals surface area contributed by atoms with E-state index in [1.165, 1.54) is 0 Å². The monoisotopic (exact) mass is 328 g/mol. The van der Waals surface area contributed by atoms with Crippen molar-refractivity contribution in [3.05, 3.63) is 0 Å². The zero-order valence-corrected chi connectivity index (χ0v) is 8.62. The molecule has 4 nitrogen and oxygen atoms in total. The molecule has 34 valence electrons. The Labute approximate surface area is 87.8 Å². The quantitative estimate of drug-likeness (QED) is 0.405. The largest absolute Gasteiger partial charge is 4.00 e. The second-order valence-corrected chi connectivity index (χ2v) is 0. The van der Waals surface area contributed by atoms with Gasteiger partial charge in [0.15, 0.2) is 0 Å². The van der Waals surface area contributed by atoms with Crippen LogP contribution in [0.5, 0.6) is 0 Å². The van der Waals surface area contributed by atoms with Crippen molar-refractivity contribution >= 4 is 26.2 Å². The molecule has 0 heterocycles. The summed E-state index contributed by atoms with van der Waals surface area (Å²) in [5.74, 6) is 0. The summed E-state index contributed by atoms with van der Waals surface area (Å²) in [6.07, 6.45) is 0. The van der Waals surface area contributed by atoms with Crippen LogP contribution < -0.4 is 18.9 Å². The van der Waals surface area contributed by atoms with E-state index in [1.54, 1.807) is 0 Å². The molecule has 0 spiro atoms. The average molecular weight is 328 g/mol. The predicted molar refractivity (Wildman–Crippen MR) is 8.50 cm³/mol. The Morgan fingerprint density at radius 3 is 0.571 bits per heavy atom. The SMILES string of the molecule is [Bi+3].[Li+].[O-2].[O-2].[O-2].[O-2].[Ti+4]. The number of hydrogen-bond donors (Lipinski definition) is 0. The van der Waals surface area contributed by atoms with Crippen LogP contribution in [0.1, 0.15) is 0 Å². The van der Waals surface area contributed by atoms with Crippen molar-refractivity contribution in [3.63, 3.8) is 0 Å². The van der Waals surface area contributed by atoms with E-state index in [9.17, 15) is 0 Å². The standard InChI is InChI=1S/Bi.Li.4O.Ti/q+3;+1;4*-2;+4. The summed E-state index contributed by atoms with van der Waals surface area (Å²) >= 11 is 0. The Morgan fingerprint density at radius 2 is 0.571 bits per heavy atom. The maximum absolute atomic E-state index is 0. The normalized spacial score (nSPS) is 0. The van der Waals surface area contributed by atoms with Crippen molar-refractivity contribution in [1.29, 1.82) is 0 Å². The first-order chi connectivity index (χ1) is 0. The summed E-state index contributed by atoms with van der Waals surface area (Å²) in [6.45, 7) is 0. The van der Waals surface area contributed by atoms with Gasteiger partial charge in [-0.3, -0.25) is 0 Å². The van der Waals surface area contributed by atoms with E-state index in [1.807, 2.05) is 0 Å². The molecule has 0 aromatic carbocycles. The fourth-order valence-electron chi connectivity index (χ4n) is 0. The van der Waals surface area contributed by atoms with Gasteiger partial charge in [0.1, 0.15) is 0 Å². The van der Waals surface area contributed by atoms with Gasteiger partial charge < -0.3 is 21.9 Å². The van der Waals surface area contributed by atoms with Gasteiger partial charge in [-0.15, -0.1) is 0 Å². The van der Waals surface area contributed by atoms with Gasteiger partial charge in [0.25, 0.3) is 0 Å². The van der Waals surface area contributed by atoms with Crippen LogP contribution in [0, 0.1) is 0 Å². The van der Waals surface area contributed by atoms with Crippen molar-refractivity contribution < 1.29 is 62.5 Å². The van der Waals surface area contributed by atoms with Crippen molar-refractivity contribution in [3.8, 4) is 0 Å². The molecular weight excluding hydrogens is 328 g/mol. The van der Waals surface area contributed by atoms with Crippen molar-refractivity contribution in [2.45, 2.75) is 0 Å². The minimum atomic E-state index is 0. The molecule has 0 aromatic heterocycles. The van der Waals surface area contributed by atoms with Gasteiger partial charge in [-0.05, 0) is 0 Å². The summed E-state index contributed by atoms with van der Waals surface area (Å²) in [5, 5.41) is 0. The van der Waals surface area contributed by atoms with Crippen LogP contribution in [-0.4, -0.2) is 26.2 Å². The van der Waals surface area contributed by atoms with Gasteiger partial charge in [0, 0.05) is 0 Å². The molecule has 0 aromatic rings. The molecule has 0 rings (SSSR count). The second kappa shape index (κ2) is 96.0. The Bertz CT molecular complexity index is 11.7. The molecule has 7 heavy (non-hydrogen) atoms. The maximum atomic E-state index is 0. The smallest absolute Gasteiger partial charge is 2.00 e. The maximum Gasteiger partial charge on any atom is 4.00 e. The van der Waals surface area contributed by atoms with E-state index in [4.69, 9.17) is 0 Å². The molecule has 7 heteroatoms. The van der Waals surface area contributed by atoms with E-state index < -0.39 is 0 Å². The van der Waals surface area contributed by atoms with Crippen LogP contribution in [0.25, 0.3) is 0 Å².